The van der Waals surface area contributed by atoms with Crippen molar-refractivity contribution in [3.63, 3.8) is 0 Å². The minimum absolute atomic E-state index is 0.274. The van der Waals surface area contributed by atoms with E-state index in [0.29, 0.717) is 24.6 Å². The molecule has 6 nitrogen and oxygen atoms in total. The summed E-state index contributed by atoms with van der Waals surface area (Å²) in [6.45, 7) is 12.4. The van der Waals surface area contributed by atoms with Crippen LogP contribution in [0.5, 0.6) is 0 Å². The molecule has 1 aromatic rings. The predicted molar refractivity (Wildman–Crippen MR) is 108 cm³/mol. The van der Waals surface area contributed by atoms with Crippen molar-refractivity contribution in [1.29, 1.82) is 0 Å². The molecule has 0 bridgehead atoms. The van der Waals surface area contributed by atoms with Crippen LogP contribution >= 0.6 is 0 Å². The van der Waals surface area contributed by atoms with E-state index in [2.05, 4.69) is 26.1 Å². The summed E-state index contributed by atoms with van der Waals surface area (Å²) in [5.41, 5.74) is -0.632. The summed E-state index contributed by atoms with van der Waals surface area (Å²) in [4.78, 5) is 13.3. The second-order valence-corrected chi connectivity index (χ2v) is 8.88. The molecular formula is C21H38N2O4. The number of amides is 1. The number of nitrogens with zero attached hydrogens (tertiary/aromatic N) is 1. The number of carbonyl (C=O) groups is 1. The fraction of sp³-hybridized carbons (Fsp3) is 0.762. The molecule has 3 N–H and O–H groups in total. The first-order valence-corrected chi connectivity index (χ1v) is 9.98. The Bertz CT molecular complexity index is 537. The largest absolute Gasteiger partial charge is 0.469 e. The Morgan fingerprint density at radius 1 is 1.26 bits per heavy atom. The minimum atomic E-state index is -1.04. The molecule has 0 aliphatic carbocycles. The van der Waals surface area contributed by atoms with Gasteiger partial charge in [0.25, 0.3) is 0 Å². The lowest BCUT2D eigenvalue weighted by atomic mass is 9.96. The Labute approximate surface area is 163 Å². The second kappa shape index (κ2) is 10.7. The molecule has 6 heteroatoms. The van der Waals surface area contributed by atoms with Gasteiger partial charge in [-0.3, -0.25) is 4.90 Å². The van der Waals surface area contributed by atoms with Crippen LogP contribution in [0, 0.1) is 5.92 Å². The van der Waals surface area contributed by atoms with E-state index in [1.807, 2.05) is 26.8 Å². The summed E-state index contributed by atoms with van der Waals surface area (Å²) in [6, 6.07) is 3.26. The summed E-state index contributed by atoms with van der Waals surface area (Å²) in [5, 5.41) is 24.0. The van der Waals surface area contributed by atoms with Crippen molar-refractivity contribution < 1.29 is 19.4 Å². The SMILES string of the molecule is CC(C)CCCC(C)NC[C@@H](O)[C@H](Cc1ccco1)N(C(=O)O)C(C)(C)C. The van der Waals surface area contributed by atoms with E-state index in [4.69, 9.17) is 4.42 Å². The molecule has 1 aromatic heterocycles. The zero-order chi connectivity index (χ0) is 20.6. The quantitative estimate of drug-likeness (QED) is 0.536. The summed E-state index contributed by atoms with van der Waals surface area (Å²) in [6.07, 6.45) is 3.39. The molecule has 0 spiro atoms. The van der Waals surface area contributed by atoms with Crippen LogP contribution in [0.4, 0.5) is 4.79 Å². The first kappa shape index (κ1) is 23.5. The predicted octanol–water partition coefficient (Wildman–Crippen LogP) is 4.13. The van der Waals surface area contributed by atoms with Gasteiger partial charge in [-0.15, -0.1) is 0 Å². The molecule has 0 saturated carbocycles. The first-order chi connectivity index (χ1) is 12.5. The lowest BCUT2D eigenvalue weighted by molar-refractivity contribution is 0.00516. The van der Waals surface area contributed by atoms with Crippen molar-refractivity contribution in [3.8, 4) is 0 Å². The van der Waals surface area contributed by atoms with Gasteiger partial charge >= 0.3 is 6.09 Å². The number of carboxylic acid groups (broad SMARTS) is 1. The molecule has 0 saturated heterocycles. The van der Waals surface area contributed by atoms with Crippen LogP contribution in [-0.4, -0.2) is 51.5 Å². The van der Waals surface area contributed by atoms with Crippen LogP contribution in [0.1, 0.15) is 66.6 Å². The van der Waals surface area contributed by atoms with Crippen LogP contribution < -0.4 is 5.32 Å². The number of hydrogen-bond acceptors (Lipinski definition) is 4. The van der Waals surface area contributed by atoms with E-state index >= 15 is 0 Å². The van der Waals surface area contributed by atoms with Crippen LogP contribution in [-0.2, 0) is 6.42 Å². The molecule has 1 unspecified atom stereocenters. The van der Waals surface area contributed by atoms with E-state index in [1.165, 1.54) is 11.3 Å². The van der Waals surface area contributed by atoms with Gasteiger partial charge in [0, 0.05) is 24.5 Å². The molecule has 0 aliphatic heterocycles. The Kier molecular flexibility index (Phi) is 9.33. The molecule has 0 radical (unpaired) electrons. The van der Waals surface area contributed by atoms with Crippen LogP contribution in [0.15, 0.2) is 22.8 Å². The third-order valence-electron chi connectivity index (χ3n) is 4.79. The van der Waals surface area contributed by atoms with Crippen molar-refractivity contribution in [2.75, 3.05) is 6.54 Å². The average Bonchev–Trinajstić information content (AvgIpc) is 3.03. The van der Waals surface area contributed by atoms with Gasteiger partial charge in [0.05, 0.1) is 18.4 Å². The smallest absolute Gasteiger partial charge is 0.408 e. The number of aliphatic hydroxyl groups excluding tert-OH is 1. The number of aliphatic hydroxyl groups is 1. The van der Waals surface area contributed by atoms with Crippen molar-refractivity contribution in [1.82, 2.24) is 10.2 Å². The lowest BCUT2D eigenvalue weighted by Crippen LogP contribution is -2.58. The van der Waals surface area contributed by atoms with Gasteiger partial charge in [0.15, 0.2) is 0 Å². The van der Waals surface area contributed by atoms with Crippen molar-refractivity contribution in [3.05, 3.63) is 24.2 Å². The fourth-order valence-electron chi connectivity index (χ4n) is 3.35. The lowest BCUT2D eigenvalue weighted by Gasteiger charge is -2.41. The standard InChI is InChI=1S/C21H38N2O4/c1-15(2)9-7-10-16(3)22-14-19(24)18(13-17-11-8-12-27-17)23(20(25)26)21(4,5)6/h8,11-12,15-16,18-19,22,24H,7,9-10,13-14H2,1-6H3,(H,25,26)/t16?,18-,19+/m0/s1. The molecule has 156 valence electrons. The van der Waals surface area contributed by atoms with Gasteiger partial charge in [0.2, 0.25) is 0 Å². The Morgan fingerprint density at radius 3 is 2.41 bits per heavy atom. The summed E-state index contributed by atoms with van der Waals surface area (Å²) in [5.74, 6) is 1.36. The van der Waals surface area contributed by atoms with E-state index in [0.717, 1.165) is 12.8 Å². The van der Waals surface area contributed by atoms with Crippen LogP contribution in [0.25, 0.3) is 0 Å². The zero-order valence-electron chi connectivity index (χ0n) is 17.7. The third kappa shape index (κ3) is 8.35. The topological polar surface area (TPSA) is 85.9 Å². The second-order valence-electron chi connectivity index (χ2n) is 8.88. The normalized spacial score (nSPS) is 15.6. The summed E-state index contributed by atoms with van der Waals surface area (Å²) in [7, 11) is 0. The highest BCUT2D eigenvalue weighted by Gasteiger charge is 2.37. The highest BCUT2D eigenvalue weighted by Crippen LogP contribution is 2.23. The van der Waals surface area contributed by atoms with Crippen molar-refractivity contribution >= 4 is 6.09 Å². The molecule has 1 amide bonds. The molecule has 0 aliphatic rings. The van der Waals surface area contributed by atoms with Crippen LogP contribution in [0.2, 0.25) is 0 Å². The van der Waals surface area contributed by atoms with Gasteiger partial charge < -0.3 is 19.9 Å². The number of hydrogen-bond donors (Lipinski definition) is 3. The van der Waals surface area contributed by atoms with E-state index in [1.54, 1.807) is 12.3 Å². The molecule has 1 rings (SSSR count). The number of furan rings is 1. The van der Waals surface area contributed by atoms with Crippen molar-refractivity contribution in [2.45, 2.75) is 91.0 Å². The maximum atomic E-state index is 11.9. The van der Waals surface area contributed by atoms with Crippen LogP contribution in [0.3, 0.4) is 0 Å². The summed E-state index contributed by atoms with van der Waals surface area (Å²) >= 11 is 0. The van der Waals surface area contributed by atoms with Gasteiger partial charge in [-0.1, -0.05) is 26.7 Å². The van der Waals surface area contributed by atoms with Gasteiger partial charge in [0.1, 0.15) is 5.76 Å². The molecule has 27 heavy (non-hydrogen) atoms. The van der Waals surface area contributed by atoms with E-state index in [-0.39, 0.29) is 6.04 Å². The average molecular weight is 383 g/mol. The van der Waals surface area contributed by atoms with Gasteiger partial charge in [-0.05, 0) is 52.2 Å². The monoisotopic (exact) mass is 382 g/mol. The van der Waals surface area contributed by atoms with Crippen molar-refractivity contribution in [2.24, 2.45) is 5.92 Å². The Morgan fingerprint density at radius 2 is 1.93 bits per heavy atom. The zero-order valence-corrected chi connectivity index (χ0v) is 17.7. The molecule has 0 fully saturated rings. The Hall–Kier alpha value is -1.53. The molecular weight excluding hydrogens is 344 g/mol. The highest BCUT2D eigenvalue weighted by atomic mass is 16.4. The molecule has 1 heterocycles. The Balaban J connectivity index is 2.77. The van der Waals surface area contributed by atoms with E-state index < -0.39 is 23.8 Å². The number of rotatable bonds is 11. The highest BCUT2D eigenvalue weighted by molar-refractivity contribution is 5.66. The third-order valence-corrected chi connectivity index (χ3v) is 4.79. The van der Waals surface area contributed by atoms with E-state index in [9.17, 15) is 15.0 Å². The van der Waals surface area contributed by atoms with Gasteiger partial charge in [-0.2, -0.15) is 0 Å². The maximum Gasteiger partial charge on any atom is 0.408 e. The minimum Gasteiger partial charge on any atom is -0.469 e. The number of nitrogens with one attached hydrogen (secondary N) is 1. The first-order valence-electron chi connectivity index (χ1n) is 9.98. The maximum absolute atomic E-state index is 11.9. The van der Waals surface area contributed by atoms with Gasteiger partial charge in [-0.25, -0.2) is 4.79 Å². The summed E-state index contributed by atoms with van der Waals surface area (Å²) < 4.78 is 5.41. The molecule has 0 aromatic carbocycles. The fourth-order valence-corrected chi connectivity index (χ4v) is 3.35. The molecule has 3 atom stereocenters.